The molecule has 8 bridgehead atoms. The van der Waals surface area contributed by atoms with Gasteiger partial charge in [-0.1, -0.05) is 113 Å². The van der Waals surface area contributed by atoms with Crippen molar-refractivity contribution in [3.8, 4) is 0 Å². The molecule has 0 aromatic carbocycles. The van der Waals surface area contributed by atoms with E-state index in [2.05, 4.69) is 77.5 Å². The number of methoxy groups -OCH3 is 1. The topological polar surface area (TPSA) is 150 Å². The lowest BCUT2D eigenvalue weighted by molar-refractivity contribution is -0.144. The molecule has 0 fully saturated rings. The Morgan fingerprint density at radius 2 is 1.31 bits per heavy atom. The normalized spacial score (nSPS) is 21.1. The molecule has 3 aromatic rings. The van der Waals surface area contributed by atoms with Crippen LogP contribution >= 0.6 is 0 Å². The van der Waals surface area contributed by atoms with Crippen LogP contribution in [0.25, 0.3) is 33.6 Å². The zero-order valence-corrected chi connectivity index (χ0v) is 41.7. The molecule has 3 aromatic heterocycles. The largest absolute Gasteiger partial charge is 0.512 e. The highest BCUT2D eigenvalue weighted by Crippen LogP contribution is 2.46. The van der Waals surface area contributed by atoms with Gasteiger partial charge in [-0.15, -0.1) is 0 Å². The summed E-state index contributed by atoms with van der Waals surface area (Å²) in [5.41, 5.74) is 8.55. The number of H-pyrrole nitrogens is 2. The van der Waals surface area contributed by atoms with Crippen molar-refractivity contribution in [2.75, 3.05) is 13.7 Å². The van der Waals surface area contributed by atoms with Crippen LogP contribution in [0.1, 0.15) is 215 Å². The first-order valence-corrected chi connectivity index (χ1v) is 25.1. The molecule has 65 heavy (non-hydrogen) atoms. The second-order valence-corrected chi connectivity index (χ2v) is 20.8. The smallest absolute Gasteiger partial charge is 0.321 e. The number of carbonyl (C=O) groups excluding carboxylic acids is 2. The summed E-state index contributed by atoms with van der Waals surface area (Å²) in [6.45, 7) is 24.2. The molecular weight excluding hydrogens is 813 g/mol. The van der Waals surface area contributed by atoms with Gasteiger partial charge in [0, 0.05) is 74.2 Å². The van der Waals surface area contributed by atoms with Crippen molar-refractivity contribution in [1.82, 2.24) is 19.9 Å². The Labute approximate surface area is 388 Å². The summed E-state index contributed by atoms with van der Waals surface area (Å²) in [6, 6.07) is 6.14. The first-order chi connectivity index (χ1) is 30.9. The number of hydrogen-bond acceptors (Lipinski definition) is 8. The lowest BCUT2D eigenvalue weighted by Gasteiger charge is -2.19. The van der Waals surface area contributed by atoms with E-state index in [9.17, 15) is 19.8 Å². The van der Waals surface area contributed by atoms with Crippen molar-refractivity contribution in [2.45, 2.75) is 189 Å². The Morgan fingerprint density at radius 1 is 0.754 bits per heavy atom. The lowest BCUT2D eigenvalue weighted by atomic mass is 9.84. The minimum absolute atomic E-state index is 0.0683. The monoisotopic (exact) mass is 893 g/mol. The van der Waals surface area contributed by atoms with Crippen molar-refractivity contribution >= 4 is 45.5 Å². The highest BCUT2D eigenvalue weighted by atomic mass is 16.5. The second-order valence-electron chi connectivity index (χ2n) is 20.8. The molecule has 1 aliphatic carbocycles. The molecular formula is C55H80N4O6. The third kappa shape index (κ3) is 11.2. The fourth-order valence-electron chi connectivity index (χ4n) is 11.0. The van der Waals surface area contributed by atoms with Gasteiger partial charge < -0.3 is 29.7 Å². The van der Waals surface area contributed by atoms with Crippen LogP contribution in [-0.2, 0) is 19.1 Å². The molecule has 10 heteroatoms. The van der Waals surface area contributed by atoms with E-state index in [4.69, 9.17) is 19.4 Å². The van der Waals surface area contributed by atoms with Gasteiger partial charge >= 0.3 is 11.9 Å². The van der Waals surface area contributed by atoms with Crippen molar-refractivity contribution in [3.05, 3.63) is 68.1 Å². The number of esters is 2. The summed E-state index contributed by atoms with van der Waals surface area (Å²) in [6.07, 6.45) is 13.9. The van der Waals surface area contributed by atoms with Crippen LogP contribution in [0, 0.1) is 37.5 Å². The van der Waals surface area contributed by atoms with Crippen molar-refractivity contribution < 1.29 is 29.3 Å². The van der Waals surface area contributed by atoms with Gasteiger partial charge in [0.1, 0.15) is 11.7 Å². The number of nitrogens with zero attached hydrogens (tertiary/aromatic N) is 2. The van der Waals surface area contributed by atoms with Gasteiger partial charge in [0.25, 0.3) is 0 Å². The number of ether oxygens (including phenoxy) is 2. The van der Waals surface area contributed by atoms with E-state index < -0.39 is 11.9 Å². The number of aromatic amines is 2. The van der Waals surface area contributed by atoms with E-state index in [-0.39, 0.29) is 47.6 Å². The minimum atomic E-state index is -1.08. The average molecular weight is 893 g/mol. The molecule has 0 saturated heterocycles. The lowest BCUT2D eigenvalue weighted by Crippen LogP contribution is -2.18. The maximum Gasteiger partial charge on any atom is 0.321 e. The SMILES string of the molecule is CC[C@H]1c2cc3[nH]c4c(c5nc(cc6[nH]c(cc(n2)[C@@H]1C)/c(=C(\C)O)c6C)[C@@H](C)[C@@H]5CCC(=O)OCCC(C)CCC[C@H](C)CCC[C@H](C)CCCC(C)C)[C@@H](C(=O)OC)C(O)=c4c3C. The molecule has 0 saturated carbocycles. The van der Waals surface area contributed by atoms with E-state index in [0.29, 0.717) is 40.9 Å². The number of hydrogen-bond donors (Lipinski definition) is 4. The summed E-state index contributed by atoms with van der Waals surface area (Å²) >= 11 is 0. The fourth-order valence-corrected chi connectivity index (χ4v) is 11.0. The van der Waals surface area contributed by atoms with Crippen LogP contribution in [0.3, 0.4) is 0 Å². The number of rotatable bonds is 20. The van der Waals surface area contributed by atoms with Gasteiger partial charge in [-0.25, -0.2) is 0 Å². The average Bonchev–Trinajstić information content (AvgIpc) is 4.00. The molecule has 6 rings (SSSR count). The van der Waals surface area contributed by atoms with Gasteiger partial charge in [0.2, 0.25) is 0 Å². The molecule has 3 aliphatic rings. The first-order valence-electron chi connectivity index (χ1n) is 25.1. The molecule has 2 aliphatic heterocycles. The molecule has 5 heterocycles. The molecule has 1 unspecified atom stereocenters. The maximum absolute atomic E-state index is 13.7. The zero-order valence-electron chi connectivity index (χ0n) is 41.7. The number of carbonyl (C=O) groups is 2. The van der Waals surface area contributed by atoms with Crippen molar-refractivity contribution in [1.29, 1.82) is 0 Å². The summed E-state index contributed by atoms with van der Waals surface area (Å²) in [4.78, 5) is 44.8. The van der Waals surface area contributed by atoms with E-state index in [1.165, 1.54) is 58.5 Å². The molecule has 0 radical (unpaired) electrons. The van der Waals surface area contributed by atoms with Gasteiger partial charge in [0.05, 0.1) is 36.2 Å². The van der Waals surface area contributed by atoms with Gasteiger partial charge in [-0.05, 0) is 93.0 Å². The molecule has 0 spiro atoms. The van der Waals surface area contributed by atoms with E-state index in [0.717, 1.165) is 87.0 Å². The zero-order chi connectivity index (χ0) is 47.3. The van der Waals surface area contributed by atoms with Gasteiger partial charge in [-0.3, -0.25) is 19.6 Å². The summed E-state index contributed by atoms with van der Waals surface area (Å²) in [5.74, 6) is 0.918. The number of fused-ring (bicyclic) bond motifs is 8. The summed E-state index contributed by atoms with van der Waals surface area (Å²) < 4.78 is 11.2. The van der Waals surface area contributed by atoms with Crippen LogP contribution in [-0.4, -0.2) is 55.8 Å². The van der Waals surface area contributed by atoms with Crippen LogP contribution < -0.4 is 10.4 Å². The Morgan fingerprint density at radius 3 is 1.91 bits per heavy atom. The number of nitrogens with one attached hydrogen (secondary N) is 2. The van der Waals surface area contributed by atoms with Crippen LogP contribution in [0.2, 0.25) is 0 Å². The standard InChI is InChI=1S/C55H80N4O6/c1-13-39-34(7)41-29-46-48(38(11)60)36(9)43(57-46)27-42-35(8)40(52(58-42)50-51(55(63)64-12)54(62)49-37(10)44(59-53(49)50)28-45(39)56-41)23-24-47(61)65-26-25-33(6)22-16-21-32(5)20-15-19-31(4)18-14-17-30(2)3/h27-35,39-40,51,57,59-60,62H,13-26H2,1-12H3/b42-27?,45-28?,46-29?,48-38+/t31-,32-,33?,34-,35+,39-,40+,51-/m1/s1. The highest BCUT2D eigenvalue weighted by Gasteiger charge is 2.42. The van der Waals surface area contributed by atoms with Crippen LogP contribution in [0.4, 0.5) is 0 Å². The highest BCUT2D eigenvalue weighted by molar-refractivity contribution is 5.96. The molecule has 0 amide bonds. The molecule has 356 valence electrons. The van der Waals surface area contributed by atoms with E-state index >= 15 is 0 Å². The fraction of sp³-hybridized carbons (Fsp3) is 0.636. The van der Waals surface area contributed by atoms with Crippen molar-refractivity contribution in [2.24, 2.45) is 23.7 Å². The number of aliphatic hydroxyl groups excluding tert-OH is 2. The minimum Gasteiger partial charge on any atom is -0.512 e. The number of aryl methyl sites for hydroxylation is 2. The second kappa shape index (κ2) is 21.8. The molecule has 4 N–H and O–H groups in total. The summed E-state index contributed by atoms with van der Waals surface area (Å²) in [7, 11) is 1.33. The van der Waals surface area contributed by atoms with E-state index in [1.807, 2.05) is 19.9 Å². The Kier molecular flexibility index (Phi) is 16.7. The molecule has 8 atom stereocenters. The first kappa shape index (κ1) is 49.8. The van der Waals surface area contributed by atoms with Crippen LogP contribution in [0.15, 0.2) is 18.2 Å². The Balaban J connectivity index is 1.23. The van der Waals surface area contributed by atoms with Gasteiger partial charge in [0.15, 0.2) is 0 Å². The Bertz CT molecular complexity index is 2480. The summed E-state index contributed by atoms with van der Waals surface area (Å²) in [5, 5.41) is 24.2. The van der Waals surface area contributed by atoms with Gasteiger partial charge in [-0.2, -0.15) is 0 Å². The predicted molar refractivity (Wildman–Crippen MR) is 264 cm³/mol. The van der Waals surface area contributed by atoms with Crippen LogP contribution in [0.5, 0.6) is 0 Å². The Hall–Kier alpha value is -4.60. The number of aromatic nitrogens is 4. The van der Waals surface area contributed by atoms with E-state index in [1.54, 1.807) is 6.92 Å². The number of aliphatic hydroxyl groups is 2. The molecule has 10 nitrogen and oxygen atoms in total. The third-order valence-electron chi connectivity index (χ3n) is 15.3. The third-order valence-corrected chi connectivity index (χ3v) is 15.3. The maximum atomic E-state index is 13.7. The quantitative estimate of drug-likeness (QED) is 0.0819. The van der Waals surface area contributed by atoms with Crippen molar-refractivity contribution in [3.63, 3.8) is 0 Å². The predicted octanol–water partition coefficient (Wildman–Crippen LogP) is 12.5.